The van der Waals surface area contributed by atoms with Gasteiger partial charge in [-0.2, -0.15) is 13.2 Å². The Labute approximate surface area is 236 Å². The number of aromatic nitrogens is 2. The number of phenols is 1. The molecule has 39 heavy (non-hydrogen) atoms. The van der Waals surface area contributed by atoms with E-state index in [1.54, 1.807) is 12.1 Å². The van der Waals surface area contributed by atoms with E-state index >= 15 is 0 Å². The van der Waals surface area contributed by atoms with Crippen LogP contribution in [0.2, 0.25) is 15.1 Å². The van der Waals surface area contributed by atoms with E-state index in [2.05, 4.69) is 15.5 Å². The highest BCUT2D eigenvalue weighted by atomic mass is 35.5. The molecule has 1 amide bonds. The number of nitrogens with one attached hydrogen (secondary N) is 1. The van der Waals surface area contributed by atoms with Gasteiger partial charge in [0.05, 0.1) is 27.9 Å². The van der Waals surface area contributed by atoms with Crippen LogP contribution >= 0.6 is 34.8 Å². The van der Waals surface area contributed by atoms with Crippen LogP contribution < -0.4 is 10.1 Å². The quantitative estimate of drug-likeness (QED) is 0.222. The van der Waals surface area contributed by atoms with Gasteiger partial charge in [-0.15, -0.1) is 10.2 Å². The normalized spacial score (nSPS) is 11.3. The Balaban J connectivity index is 1.56. The molecule has 0 fully saturated rings. The van der Waals surface area contributed by atoms with Crippen LogP contribution in [0.4, 0.5) is 13.2 Å². The number of carbonyl (C=O) groups is 1. The van der Waals surface area contributed by atoms with Crippen LogP contribution in [0.3, 0.4) is 0 Å². The van der Waals surface area contributed by atoms with Gasteiger partial charge in [0.2, 0.25) is 5.88 Å². The first kappa shape index (κ1) is 28.5. The lowest BCUT2D eigenvalue weighted by molar-refractivity contribution is -0.137. The molecule has 0 bridgehead atoms. The molecule has 3 aromatic carbocycles. The van der Waals surface area contributed by atoms with E-state index in [9.17, 15) is 23.1 Å². The second-order valence-electron chi connectivity index (χ2n) is 8.34. The predicted molar refractivity (Wildman–Crippen MR) is 142 cm³/mol. The number of ether oxygens (including phenoxy) is 1. The molecule has 0 atom stereocenters. The number of hydrogen-bond acceptors (Lipinski definition) is 5. The Morgan fingerprint density at radius 2 is 1.51 bits per heavy atom. The molecule has 1 heterocycles. The molecule has 0 spiro atoms. The zero-order valence-corrected chi connectivity index (χ0v) is 22.2. The average molecular weight is 597 g/mol. The molecule has 2 N–H and O–H groups in total. The molecule has 202 valence electrons. The molecular formula is C27H19Cl3F3N3O3. The van der Waals surface area contributed by atoms with Crippen molar-refractivity contribution in [1.29, 1.82) is 0 Å². The summed E-state index contributed by atoms with van der Waals surface area (Å²) >= 11 is 18.0. The molecule has 4 aromatic rings. The van der Waals surface area contributed by atoms with E-state index in [1.807, 2.05) is 12.1 Å². The standard InChI is InChI=1S/C27H19Cl3F3N3O3/c28-19-7-3-15(4-8-19)9-10-39-26-20(13-23(35-36-26)17-11-21(29)24(37)22(30)12-17)25(38)34-14-16-1-5-18(6-2-16)27(31,32)33/h1-8,11-13,37H,9-10,14H2,(H,34,38). The van der Waals surface area contributed by atoms with Crippen molar-refractivity contribution in [3.05, 3.63) is 104 Å². The molecule has 0 aliphatic carbocycles. The molecule has 0 radical (unpaired) electrons. The minimum atomic E-state index is -4.46. The fourth-order valence-electron chi connectivity index (χ4n) is 3.51. The number of halogens is 6. The van der Waals surface area contributed by atoms with Crippen LogP contribution in [0.15, 0.2) is 66.7 Å². The zero-order chi connectivity index (χ0) is 28.2. The van der Waals surface area contributed by atoms with Crippen LogP contribution in [0.1, 0.15) is 27.0 Å². The summed E-state index contributed by atoms with van der Waals surface area (Å²) in [6.45, 7) is 0.126. The van der Waals surface area contributed by atoms with E-state index in [4.69, 9.17) is 39.5 Å². The second-order valence-corrected chi connectivity index (χ2v) is 9.59. The molecule has 6 nitrogen and oxygen atoms in total. The molecule has 0 unspecified atom stereocenters. The average Bonchev–Trinajstić information content (AvgIpc) is 2.91. The number of nitrogens with zero attached hydrogens (tertiary/aromatic N) is 2. The summed E-state index contributed by atoms with van der Waals surface area (Å²) in [4.78, 5) is 13.2. The highest BCUT2D eigenvalue weighted by Gasteiger charge is 2.30. The third kappa shape index (κ3) is 7.32. The van der Waals surface area contributed by atoms with E-state index in [0.717, 1.165) is 17.7 Å². The smallest absolute Gasteiger partial charge is 0.416 e. The third-order valence-electron chi connectivity index (χ3n) is 5.59. The first-order chi connectivity index (χ1) is 18.5. The molecule has 0 aliphatic rings. The summed E-state index contributed by atoms with van der Waals surface area (Å²) in [5, 5.41) is 21.3. The second kappa shape index (κ2) is 12.1. The number of amides is 1. The number of benzene rings is 3. The first-order valence-electron chi connectivity index (χ1n) is 11.4. The number of carbonyl (C=O) groups excluding carboxylic acids is 1. The molecule has 0 saturated heterocycles. The third-order valence-corrected chi connectivity index (χ3v) is 6.42. The van der Waals surface area contributed by atoms with Crippen molar-refractivity contribution in [2.24, 2.45) is 0 Å². The number of alkyl halides is 3. The predicted octanol–water partition coefficient (Wildman–Crippen LogP) is 7.38. The Kier molecular flexibility index (Phi) is 8.84. The van der Waals surface area contributed by atoms with Gasteiger partial charge >= 0.3 is 6.18 Å². The van der Waals surface area contributed by atoms with Gasteiger partial charge in [0.15, 0.2) is 5.75 Å². The van der Waals surface area contributed by atoms with Crippen LogP contribution in [-0.4, -0.2) is 27.8 Å². The van der Waals surface area contributed by atoms with Gasteiger partial charge in [-0.1, -0.05) is 59.1 Å². The minimum Gasteiger partial charge on any atom is -0.505 e. The topological polar surface area (TPSA) is 84.3 Å². The van der Waals surface area contributed by atoms with E-state index in [1.165, 1.54) is 30.3 Å². The van der Waals surface area contributed by atoms with Gasteiger partial charge in [-0.3, -0.25) is 4.79 Å². The van der Waals surface area contributed by atoms with Gasteiger partial charge in [0.1, 0.15) is 5.56 Å². The van der Waals surface area contributed by atoms with Crippen LogP contribution in [0, 0.1) is 0 Å². The van der Waals surface area contributed by atoms with Crippen molar-refractivity contribution in [2.45, 2.75) is 19.1 Å². The highest BCUT2D eigenvalue weighted by molar-refractivity contribution is 6.37. The molecule has 1 aromatic heterocycles. The SMILES string of the molecule is O=C(NCc1ccc(C(F)(F)F)cc1)c1cc(-c2cc(Cl)c(O)c(Cl)c2)nnc1OCCc1ccc(Cl)cc1. The molecule has 0 aliphatic heterocycles. The Bertz CT molecular complexity index is 1460. The Morgan fingerprint density at radius 1 is 0.897 bits per heavy atom. The fourth-order valence-corrected chi connectivity index (χ4v) is 4.12. The summed E-state index contributed by atoms with van der Waals surface area (Å²) in [6, 6.07) is 15.9. The number of hydrogen-bond donors (Lipinski definition) is 2. The summed E-state index contributed by atoms with van der Waals surface area (Å²) in [5.41, 5.74) is 1.27. The van der Waals surface area contributed by atoms with Crippen molar-refractivity contribution in [1.82, 2.24) is 15.5 Å². The Hall–Kier alpha value is -3.53. The van der Waals surface area contributed by atoms with Crippen molar-refractivity contribution >= 4 is 40.7 Å². The number of phenolic OH excluding ortho intramolecular Hbond substituents is 1. The van der Waals surface area contributed by atoms with E-state index in [-0.39, 0.29) is 46.1 Å². The lowest BCUT2D eigenvalue weighted by Gasteiger charge is -2.13. The molecule has 4 rings (SSSR count). The molecular weight excluding hydrogens is 578 g/mol. The van der Waals surface area contributed by atoms with Crippen molar-refractivity contribution < 1.29 is 27.8 Å². The van der Waals surface area contributed by atoms with Crippen LogP contribution in [-0.2, 0) is 19.1 Å². The number of rotatable bonds is 8. The highest BCUT2D eigenvalue weighted by Crippen LogP contribution is 2.36. The van der Waals surface area contributed by atoms with Gasteiger partial charge in [0.25, 0.3) is 5.91 Å². The number of aromatic hydroxyl groups is 1. The molecule has 0 saturated carbocycles. The lowest BCUT2D eigenvalue weighted by atomic mass is 10.1. The van der Waals surface area contributed by atoms with Gasteiger partial charge < -0.3 is 15.2 Å². The molecule has 12 heteroatoms. The van der Waals surface area contributed by atoms with Gasteiger partial charge in [0, 0.05) is 23.6 Å². The maximum absolute atomic E-state index is 13.2. The minimum absolute atomic E-state index is 0.0177. The van der Waals surface area contributed by atoms with Gasteiger partial charge in [-0.05, 0) is 53.6 Å². The first-order valence-corrected chi connectivity index (χ1v) is 12.5. The van der Waals surface area contributed by atoms with Crippen LogP contribution in [0.5, 0.6) is 11.6 Å². The van der Waals surface area contributed by atoms with Gasteiger partial charge in [-0.25, -0.2) is 0 Å². The van der Waals surface area contributed by atoms with Crippen molar-refractivity contribution in [3.8, 4) is 22.9 Å². The fraction of sp³-hybridized carbons (Fsp3) is 0.148. The van der Waals surface area contributed by atoms with E-state index < -0.39 is 17.6 Å². The maximum atomic E-state index is 13.2. The monoisotopic (exact) mass is 595 g/mol. The zero-order valence-electron chi connectivity index (χ0n) is 19.9. The summed E-state index contributed by atoms with van der Waals surface area (Å²) in [7, 11) is 0. The van der Waals surface area contributed by atoms with E-state index in [0.29, 0.717) is 22.6 Å². The van der Waals surface area contributed by atoms with Crippen LogP contribution in [0.25, 0.3) is 11.3 Å². The largest absolute Gasteiger partial charge is 0.505 e. The van der Waals surface area contributed by atoms with Crippen molar-refractivity contribution in [2.75, 3.05) is 6.61 Å². The maximum Gasteiger partial charge on any atom is 0.416 e. The van der Waals surface area contributed by atoms with Crippen molar-refractivity contribution in [3.63, 3.8) is 0 Å². The Morgan fingerprint density at radius 3 is 2.13 bits per heavy atom. The lowest BCUT2D eigenvalue weighted by Crippen LogP contribution is -2.24. The summed E-state index contributed by atoms with van der Waals surface area (Å²) in [6.07, 6.45) is -3.96. The summed E-state index contributed by atoms with van der Waals surface area (Å²) in [5.74, 6) is -0.941. The summed E-state index contributed by atoms with van der Waals surface area (Å²) < 4.78 is 44.3.